The van der Waals surface area contributed by atoms with Gasteiger partial charge in [-0.15, -0.1) is 11.3 Å². The molecule has 2 rings (SSSR count). The number of benzene rings is 1. The second kappa shape index (κ2) is 8.65. The molecule has 146 valence electrons. The smallest absolute Gasteiger partial charge is 0.248 e. The largest absolute Gasteiger partial charge is 0.344 e. The summed E-state index contributed by atoms with van der Waals surface area (Å²) >= 11 is 1.44. The van der Waals surface area contributed by atoms with Crippen LogP contribution < -0.4 is 10.6 Å². The summed E-state index contributed by atoms with van der Waals surface area (Å²) < 4.78 is 0. The van der Waals surface area contributed by atoms with E-state index in [9.17, 15) is 9.59 Å². The van der Waals surface area contributed by atoms with E-state index in [1.165, 1.54) is 16.9 Å². The number of aromatic nitrogens is 1. The molecule has 1 aromatic carbocycles. The highest BCUT2D eigenvalue weighted by molar-refractivity contribution is 7.16. The van der Waals surface area contributed by atoms with Crippen LogP contribution in [-0.2, 0) is 16.0 Å². The number of hydrogen-bond donors (Lipinski definition) is 2. The quantitative estimate of drug-likeness (QED) is 0.763. The van der Waals surface area contributed by atoms with Gasteiger partial charge in [0.15, 0.2) is 5.13 Å². The van der Waals surface area contributed by atoms with Crippen LogP contribution in [0.3, 0.4) is 0 Å². The van der Waals surface area contributed by atoms with E-state index >= 15 is 0 Å². The molecule has 6 heteroatoms. The zero-order valence-electron chi connectivity index (χ0n) is 17.0. The molecule has 0 aliphatic heterocycles. The maximum absolute atomic E-state index is 12.4. The molecule has 5 nitrogen and oxygen atoms in total. The number of thiazole rings is 1. The first kappa shape index (κ1) is 21.1. The van der Waals surface area contributed by atoms with Gasteiger partial charge in [0.05, 0.1) is 5.69 Å². The molecule has 2 N–H and O–H groups in total. The summed E-state index contributed by atoms with van der Waals surface area (Å²) in [4.78, 5) is 30.1. The third kappa shape index (κ3) is 5.63. The predicted octanol–water partition coefficient (Wildman–Crippen LogP) is 4.56. The standard InChI is InChI=1S/C21H29N3O2S/c1-7-8-15-9-11-16(12-10-15)17-14(3)27-20(23-17)24-18(25)13(2)22-19(26)21(4,5)6/h9-13H,7-8H2,1-6H3,(H,22,26)(H,23,24,25)/t13-/m1/s1. The molecular weight excluding hydrogens is 358 g/mol. The van der Waals surface area contributed by atoms with Gasteiger partial charge in [0.1, 0.15) is 6.04 Å². The van der Waals surface area contributed by atoms with E-state index in [2.05, 4.69) is 46.8 Å². The summed E-state index contributed by atoms with van der Waals surface area (Å²) in [6, 6.07) is 7.77. The Hall–Kier alpha value is -2.21. The fourth-order valence-corrected chi connectivity index (χ4v) is 3.37. The minimum atomic E-state index is -0.627. The molecule has 2 amide bonds. The maximum atomic E-state index is 12.4. The van der Waals surface area contributed by atoms with Crippen LogP contribution in [0.1, 0.15) is 51.5 Å². The van der Waals surface area contributed by atoms with Crippen molar-refractivity contribution < 1.29 is 9.59 Å². The lowest BCUT2D eigenvalue weighted by atomic mass is 9.95. The first-order chi connectivity index (χ1) is 12.6. The van der Waals surface area contributed by atoms with Gasteiger partial charge in [-0.25, -0.2) is 4.98 Å². The Labute approximate surface area is 165 Å². The van der Waals surface area contributed by atoms with E-state index in [1.807, 2.05) is 27.7 Å². The fraction of sp³-hybridized carbons (Fsp3) is 0.476. The van der Waals surface area contributed by atoms with Gasteiger partial charge in [-0.3, -0.25) is 9.59 Å². The van der Waals surface area contributed by atoms with Crippen LogP contribution in [-0.4, -0.2) is 22.8 Å². The van der Waals surface area contributed by atoms with E-state index < -0.39 is 11.5 Å². The molecule has 0 bridgehead atoms. The molecule has 0 aliphatic rings. The monoisotopic (exact) mass is 387 g/mol. The van der Waals surface area contributed by atoms with Crippen molar-refractivity contribution in [3.8, 4) is 11.3 Å². The first-order valence-corrected chi connectivity index (χ1v) is 10.1. The van der Waals surface area contributed by atoms with Crippen molar-refractivity contribution in [2.45, 2.75) is 60.4 Å². The number of nitrogens with zero attached hydrogens (tertiary/aromatic N) is 1. The van der Waals surface area contributed by atoms with E-state index in [1.54, 1.807) is 6.92 Å². The zero-order valence-corrected chi connectivity index (χ0v) is 17.8. The normalized spacial score (nSPS) is 12.5. The van der Waals surface area contributed by atoms with Crippen molar-refractivity contribution in [2.24, 2.45) is 5.41 Å². The summed E-state index contributed by atoms with van der Waals surface area (Å²) in [5.41, 5.74) is 2.69. The average molecular weight is 388 g/mol. The molecule has 2 aromatic rings. The Kier molecular flexibility index (Phi) is 6.76. The van der Waals surface area contributed by atoms with Crippen molar-refractivity contribution in [1.29, 1.82) is 0 Å². The predicted molar refractivity (Wildman–Crippen MR) is 112 cm³/mol. The summed E-state index contributed by atoms with van der Waals surface area (Å²) in [5, 5.41) is 6.10. The van der Waals surface area contributed by atoms with E-state index in [-0.39, 0.29) is 11.8 Å². The van der Waals surface area contributed by atoms with Crippen molar-refractivity contribution in [3.05, 3.63) is 34.7 Å². The van der Waals surface area contributed by atoms with Crippen LogP contribution in [0.2, 0.25) is 0 Å². The SMILES string of the molecule is CCCc1ccc(-c2nc(NC(=O)[C@@H](C)NC(=O)C(C)(C)C)sc2C)cc1. The Balaban J connectivity index is 2.07. The van der Waals surface area contributed by atoms with E-state index in [0.29, 0.717) is 5.13 Å². The van der Waals surface area contributed by atoms with Crippen LogP contribution in [0, 0.1) is 12.3 Å². The number of aryl methyl sites for hydroxylation is 2. The number of hydrogen-bond acceptors (Lipinski definition) is 4. The molecule has 0 unspecified atom stereocenters. The number of rotatable bonds is 6. The molecule has 0 radical (unpaired) electrons. The van der Waals surface area contributed by atoms with Gasteiger partial charge in [0.25, 0.3) is 0 Å². The molecule has 1 heterocycles. The summed E-state index contributed by atoms with van der Waals surface area (Å²) in [6.45, 7) is 11.3. The molecular formula is C21H29N3O2S. The van der Waals surface area contributed by atoms with Gasteiger partial charge >= 0.3 is 0 Å². The molecule has 1 atom stereocenters. The molecule has 1 aromatic heterocycles. The van der Waals surface area contributed by atoms with Gasteiger partial charge in [-0.05, 0) is 25.8 Å². The maximum Gasteiger partial charge on any atom is 0.248 e. The Bertz CT molecular complexity index is 804. The van der Waals surface area contributed by atoms with Gasteiger partial charge < -0.3 is 10.6 Å². The number of carbonyl (C=O) groups is 2. The first-order valence-electron chi connectivity index (χ1n) is 9.30. The zero-order chi connectivity index (χ0) is 20.2. The Morgan fingerprint density at radius 3 is 2.37 bits per heavy atom. The van der Waals surface area contributed by atoms with Crippen LogP contribution >= 0.6 is 11.3 Å². The van der Waals surface area contributed by atoms with Gasteiger partial charge in [0.2, 0.25) is 11.8 Å². The van der Waals surface area contributed by atoms with Gasteiger partial charge in [-0.2, -0.15) is 0 Å². The molecule has 0 fully saturated rings. The molecule has 0 spiro atoms. The number of anilines is 1. The van der Waals surface area contributed by atoms with Crippen molar-refractivity contribution in [1.82, 2.24) is 10.3 Å². The van der Waals surface area contributed by atoms with E-state index in [0.717, 1.165) is 29.0 Å². The minimum Gasteiger partial charge on any atom is -0.344 e. The topological polar surface area (TPSA) is 71.1 Å². The average Bonchev–Trinajstić information content (AvgIpc) is 2.95. The second-order valence-corrected chi connectivity index (χ2v) is 9.01. The minimum absolute atomic E-state index is 0.159. The molecule has 0 saturated heterocycles. The number of amides is 2. The molecule has 0 saturated carbocycles. The lowest BCUT2D eigenvalue weighted by molar-refractivity contribution is -0.131. The van der Waals surface area contributed by atoms with Crippen LogP contribution in [0.4, 0.5) is 5.13 Å². The number of carbonyl (C=O) groups excluding carboxylic acids is 2. The molecule has 27 heavy (non-hydrogen) atoms. The second-order valence-electron chi connectivity index (χ2n) is 7.81. The van der Waals surface area contributed by atoms with Crippen molar-refractivity contribution in [2.75, 3.05) is 5.32 Å². The summed E-state index contributed by atoms with van der Waals surface area (Å²) in [7, 11) is 0. The van der Waals surface area contributed by atoms with Gasteiger partial charge in [-0.1, -0.05) is 58.4 Å². The summed E-state index contributed by atoms with van der Waals surface area (Å²) in [5.74, 6) is -0.431. The highest BCUT2D eigenvalue weighted by Crippen LogP contribution is 2.30. The highest BCUT2D eigenvalue weighted by atomic mass is 32.1. The lowest BCUT2D eigenvalue weighted by Crippen LogP contribution is -2.46. The fourth-order valence-electron chi connectivity index (χ4n) is 2.53. The Morgan fingerprint density at radius 1 is 1.19 bits per heavy atom. The highest BCUT2D eigenvalue weighted by Gasteiger charge is 2.25. The third-order valence-corrected chi connectivity index (χ3v) is 5.10. The van der Waals surface area contributed by atoms with Crippen molar-refractivity contribution >= 4 is 28.3 Å². The van der Waals surface area contributed by atoms with Crippen LogP contribution in [0.25, 0.3) is 11.3 Å². The lowest BCUT2D eigenvalue weighted by Gasteiger charge is -2.21. The van der Waals surface area contributed by atoms with E-state index in [4.69, 9.17) is 0 Å². The number of nitrogens with one attached hydrogen (secondary N) is 2. The van der Waals surface area contributed by atoms with Crippen LogP contribution in [0.15, 0.2) is 24.3 Å². The van der Waals surface area contributed by atoms with Gasteiger partial charge in [0, 0.05) is 15.9 Å². The Morgan fingerprint density at radius 2 is 1.81 bits per heavy atom. The van der Waals surface area contributed by atoms with Crippen LogP contribution in [0.5, 0.6) is 0 Å². The molecule has 0 aliphatic carbocycles. The third-order valence-electron chi connectivity index (χ3n) is 4.21. The summed E-state index contributed by atoms with van der Waals surface area (Å²) in [6.07, 6.45) is 2.19. The van der Waals surface area contributed by atoms with Crippen molar-refractivity contribution in [3.63, 3.8) is 0 Å².